The molecule has 100 valence electrons. The summed E-state index contributed by atoms with van der Waals surface area (Å²) in [5.41, 5.74) is 6.45. The molecule has 2 saturated carbocycles. The Hall–Kier alpha value is -0.900. The molecule has 0 aliphatic heterocycles. The van der Waals surface area contributed by atoms with Crippen LogP contribution < -0.4 is 5.73 Å². The lowest BCUT2D eigenvalue weighted by Crippen LogP contribution is -2.38. The molecule has 2 fully saturated rings. The molecule has 0 aromatic carbocycles. The summed E-state index contributed by atoms with van der Waals surface area (Å²) in [7, 11) is 0. The largest absolute Gasteiger partial charge is 0.330 e. The van der Waals surface area contributed by atoms with Gasteiger partial charge in [0.05, 0.1) is 0 Å². The van der Waals surface area contributed by atoms with Gasteiger partial charge in [-0.15, -0.1) is 0 Å². The molecule has 3 rings (SSSR count). The smallest absolute Gasteiger partial charge is 0.138 e. The standard InChI is InChI=1S/C14H24N4/c1-10(2)18-13(16-9-17-18)7-14(8-15)6-11-3-4-12(14)5-11/h9-12H,3-8,15H2,1-2H3. The van der Waals surface area contributed by atoms with Crippen molar-refractivity contribution in [2.24, 2.45) is 23.0 Å². The topological polar surface area (TPSA) is 56.7 Å². The molecule has 3 unspecified atom stereocenters. The fourth-order valence-corrected chi connectivity index (χ4v) is 4.24. The number of rotatable bonds is 4. The molecule has 0 amide bonds. The van der Waals surface area contributed by atoms with Gasteiger partial charge in [-0.1, -0.05) is 6.42 Å². The van der Waals surface area contributed by atoms with Crippen molar-refractivity contribution in [1.82, 2.24) is 14.8 Å². The van der Waals surface area contributed by atoms with Crippen LogP contribution in [0.15, 0.2) is 6.33 Å². The summed E-state index contributed by atoms with van der Waals surface area (Å²) in [4.78, 5) is 4.47. The third-order valence-electron chi connectivity index (χ3n) is 5.16. The van der Waals surface area contributed by atoms with Gasteiger partial charge in [0.15, 0.2) is 0 Å². The monoisotopic (exact) mass is 248 g/mol. The number of fused-ring (bicyclic) bond motifs is 2. The molecule has 2 aliphatic carbocycles. The van der Waals surface area contributed by atoms with Gasteiger partial charge < -0.3 is 5.73 Å². The van der Waals surface area contributed by atoms with Crippen LogP contribution in [0.25, 0.3) is 0 Å². The first-order valence-corrected chi connectivity index (χ1v) is 7.23. The third-order valence-corrected chi connectivity index (χ3v) is 5.16. The average Bonchev–Trinajstić information content (AvgIpc) is 3.03. The maximum Gasteiger partial charge on any atom is 0.138 e. The normalized spacial score (nSPS) is 34.7. The maximum atomic E-state index is 6.14. The van der Waals surface area contributed by atoms with Crippen LogP contribution in [0.4, 0.5) is 0 Å². The molecule has 1 aromatic heterocycles. The van der Waals surface area contributed by atoms with Crippen LogP contribution in [-0.2, 0) is 6.42 Å². The Morgan fingerprint density at radius 3 is 2.89 bits per heavy atom. The van der Waals surface area contributed by atoms with Crippen LogP contribution in [0.2, 0.25) is 0 Å². The Labute approximate surface area is 109 Å². The van der Waals surface area contributed by atoms with Gasteiger partial charge in [0, 0.05) is 12.5 Å². The number of nitrogens with zero attached hydrogens (tertiary/aromatic N) is 3. The van der Waals surface area contributed by atoms with Gasteiger partial charge >= 0.3 is 0 Å². The van der Waals surface area contributed by atoms with Gasteiger partial charge in [-0.2, -0.15) is 5.10 Å². The second-order valence-corrected chi connectivity index (χ2v) is 6.54. The van der Waals surface area contributed by atoms with E-state index in [1.807, 2.05) is 0 Å². The molecule has 1 heterocycles. The van der Waals surface area contributed by atoms with E-state index in [0.29, 0.717) is 11.5 Å². The van der Waals surface area contributed by atoms with E-state index >= 15 is 0 Å². The van der Waals surface area contributed by atoms with E-state index in [4.69, 9.17) is 5.73 Å². The summed E-state index contributed by atoms with van der Waals surface area (Å²) in [6, 6.07) is 0.385. The van der Waals surface area contributed by atoms with Crippen LogP contribution in [0.1, 0.15) is 51.4 Å². The fourth-order valence-electron chi connectivity index (χ4n) is 4.24. The number of nitrogens with two attached hydrogens (primary N) is 1. The first-order chi connectivity index (χ1) is 8.64. The fraction of sp³-hybridized carbons (Fsp3) is 0.857. The first-order valence-electron chi connectivity index (χ1n) is 7.23. The highest BCUT2D eigenvalue weighted by Gasteiger charge is 2.50. The second-order valence-electron chi connectivity index (χ2n) is 6.54. The number of hydrogen-bond acceptors (Lipinski definition) is 3. The van der Waals surface area contributed by atoms with Crippen molar-refractivity contribution >= 4 is 0 Å². The Balaban J connectivity index is 1.84. The maximum absolute atomic E-state index is 6.14. The first kappa shape index (κ1) is 12.2. The molecule has 0 saturated heterocycles. The molecule has 0 radical (unpaired) electrons. The van der Waals surface area contributed by atoms with Crippen molar-refractivity contribution in [3.8, 4) is 0 Å². The second kappa shape index (κ2) is 4.34. The molecule has 1 aromatic rings. The molecule has 2 aliphatic rings. The molecular formula is C14H24N4. The van der Waals surface area contributed by atoms with Crippen molar-refractivity contribution in [3.05, 3.63) is 12.2 Å². The van der Waals surface area contributed by atoms with Crippen molar-refractivity contribution < 1.29 is 0 Å². The van der Waals surface area contributed by atoms with Gasteiger partial charge in [-0.3, -0.25) is 0 Å². The molecule has 18 heavy (non-hydrogen) atoms. The molecule has 4 nitrogen and oxygen atoms in total. The molecule has 3 atom stereocenters. The third kappa shape index (κ3) is 1.78. The lowest BCUT2D eigenvalue weighted by molar-refractivity contribution is 0.165. The van der Waals surface area contributed by atoms with Crippen molar-refractivity contribution in [3.63, 3.8) is 0 Å². The zero-order valence-electron chi connectivity index (χ0n) is 11.5. The number of aromatic nitrogens is 3. The Morgan fingerprint density at radius 1 is 1.50 bits per heavy atom. The minimum Gasteiger partial charge on any atom is -0.330 e. The molecule has 4 heteroatoms. The van der Waals surface area contributed by atoms with Crippen molar-refractivity contribution in [2.45, 2.75) is 52.0 Å². The van der Waals surface area contributed by atoms with E-state index in [9.17, 15) is 0 Å². The highest BCUT2D eigenvalue weighted by Crippen LogP contribution is 2.56. The summed E-state index contributed by atoms with van der Waals surface area (Å²) in [5, 5.41) is 4.35. The van der Waals surface area contributed by atoms with Crippen molar-refractivity contribution in [1.29, 1.82) is 0 Å². The average molecular weight is 248 g/mol. The van der Waals surface area contributed by atoms with E-state index in [1.165, 1.54) is 25.7 Å². The van der Waals surface area contributed by atoms with Crippen molar-refractivity contribution in [2.75, 3.05) is 6.54 Å². The van der Waals surface area contributed by atoms with Gasteiger partial charge in [0.1, 0.15) is 12.2 Å². The molecule has 0 spiro atoms. The molecule has 2 bridgehead atoms. The van der Waals surface area contributed by atoms with E-state index in [0.717, 1.165) is 30.6 Å². The number of hydrogen-bond donors (Lipinski definition) is 1. The minimum atomic E-state index is 0.308. The summed E-state index contributed by atoms with van der Waals surface area (Å²) in [5.74, 6) is 2.88. The lowest BCUT2D eigenvalue weighted by Gasteiger charge is -2.36. The van der Waals surface area contributed by atoms with E-state index < -0.39 is 0 Å². The van der Waals surface area contributed by atoms with Crippen LogP contribution in [-0.4, -0.2) is 21.3 Å². The highest BCUT2D eigenvalue weighted by molar-refractivity contribution is 5.06. The quantitative estimate of drug-likeness (QED) is 0.888. The minimum absolute atomic E-state index is 0.308. The Morgan fingerprint density at radius 2 is 2.33 bits per heavy atom. The summed E-state index contributed by atoms with van der Waals surface area (Å²) >= 11 is 0. The zero-order chi connectivity index (χ0) is 12.8. The predicted molar refractivity (Wildman–Crippen MR) is 71.0 cm³/mol. The van der Waals surface area contributed by atoms with E-state index in [1.54, 1.807) is 6.33 Å². The Bertz CT molecular complexity index is 425. The summed E-state index contributed by atoms with van der Waals surface area (Å²) in [6.07, 6.45) is 8.20. The molecule has 2 N–H and O–H groups in total. The SMILES string of the molecule is CC(C)n1ncnc1CC1(CN)CC2CCC1C2. The Kier molecular flexibility index (Phi) is 2.93. The molecular weight excluding hydrogens is 224 g/mol. The van der Waals surface area contributed by atoms with E-state index in [-0.39, 0.29) is 0 Å². The highest BCUT2D eigenvalue weighted by atomic mass is 15.3. The predicted octanol–water partition coefficient (Wildman–Crippen LogP) is 2.17. The van der Waals surface area contributed by atoms with Gasteiger partial charge in [-0.25, -0.2) is 9.67 Å². The lowest BCUT2D eigenvalue weighted by atomic mass is 9.70. The van der Waals surface area contributed by atoms with E-state index in [2.05, 4.69) is 28.6 Å². The zero-order valence-corrected chi connectivity index (χ0v) is 11.5. The summed E-state index contributed by atoms with van der Waals surface area (Å²) < 4.78 is 2.06. The van der Waals surface area contributed by atoms with Crippen LogP contribution >= 0.6 is 0 Å². The van der Waals surface area contributed by atoms with Crippen LogP contribution in [0.5, 0.6) is 0 Å². The van der Waals surface area contributed by atoms with Gasteiger partial charge in [0.25, 0.3) is 0 Å². The van der Waals surface area contributed by atoms with Gasteiger partial charge in [0.2, 0.25) is 0 Å². The van der Waals surface area contributed by atoms with Crippen LogP contribution in [0, 0.1) is 17.3 Å². The summed E-state index contributed by atoms with van der Waals surface area (Å²) in [6.45, 7) is 5.13. The van der Waals surface area contributed by atoms with Crippen LogP contribution in [0.3, 0.4) is 0 Å². The van der Waals surface area contributed by atoms with Gasteiger partial charge in [-0.05, 0) is 56.9 Å².